The van der Waals surface area contributed by atoms with Crippen LogP contribution in [0.2, 0.25) is 0 Å². The highest BCUT2D eigenvalue weighted by molar-refractivity contribution is 6.14. The van der Waals surface area contributed by atoms with Crippen LogP contribution in [0.15, 0.2) is 48.5 Å². The Morgan fingerprint density at radius 1 is 0.919 bits per heavy atom. The van der Waals surface area contributed by atoms with Crippen molar-refractivity contribution >= 4 is 40.2 Å². The number of aryl methyl sites for hydroxylation is 1. The fraction of sp³-hybridized carbons (Fsp3) is 0.370. The summed E-state index contributed by atoms with van der Waals surface area (Å²) < 4.78 is 12.3. The Balaban J connectivity index is 1.99. The van der Waals surface area contributed by atoms with Gasteiger partial charge in [0.15, 0.2) is 5.69 Å². The quantitative estimate of drug-likeness (QED) is 0.250. The van der Waals surface area contributed by atoms with Gasteiger partial charge in [0.2, 0.25) is 5.91 Å². The van der Waals surface area contributed by atoms with Crippen molar-refractivity contribution in [3.63, 3.8) is 0 Å². The minimum Gasteiger partial charge on any atom is -0.455 e. The molecular formula is C27H31N3O7. The molecule has 0 radical (unpaired) electrons. The van der Waals surface area contributed by atoms with Crippen LogP contribution in [-0.4, -0.2) is 38.7 Å². The van der Waals surface area contributed by atoms with E-state index in [0.29, 0.717) is 17.3 Å². The summed E-state index contributed by atoms with van der Waals surface area (Å²) in [7, 11) is 0. The number of nitro benzene ring substituents is 1. The number of nitrogens with zero attached hydrogens (tertiary/aromatic N) is 2. The van der Waals surface area contributed by atoms with Gasteiger partial charge in [0.25, 0.3) is 5.69 Å². The topological polar surface area (TPSA) is 130 Å². The molecule has 1 N–H and O–H groups in total. The molecule has 0 unspecified atom stereocenters. The van der Waals surface area contributed by atoms with Crippen molar-refractivity contribution in [2.24, 2.45) is 0 Å². The molecule has 0 aliphatic heterocycles. The second-order valence-electron chi connectivity index (χ2n) is 10.5. The van der Waals surface area contributed by atoms with Gasteiger partial charge in [0.1, 0.15) is 11.2 Å². The zero-order chi connectivity index (χ0) is 27.5. The molecule has 1 heterocycles. The van der Waals surface area contributed by atoms with E-state index in [-0.39, 0.29) is 23.5 Å². The van der Waals surface area contributed by atoms with Crippen LogP contribution < -0.4 is 5.32 Å². The van der Waals surface area contributed by atoms with E-state index in [1.165, 1.54) is 12.1 Å². The lowest BCUT2D eigenvalue weighted by atomic mass is 10.1. The van der Waals surface area contributed by atoms with Crippen molar-refractivity contribution in [3.8, 4) is 0 Å². The lowest BCUT2D eigenvalue weighted by Crippen LogP contribution is -2.31. The molecule has 37 heavy (non-hydrogen) atoms. The first-order chi connectivity index (χ1) is 17.2. The Labute approximate surface area is 214 Å². The number of carbonyl (C=O) groups is 3. The summed E-state index contributed by atoms with van der Waals surface area (Å²) in [6.07, 6.45) is -0.427. The fourth-order valence-corrected chi connectivity index (χ4v) is 3.63. The van der Waals surface area contributed by atoms with Crippen LogP contribution >= 0.6 is 0 Å². The molecule has 0 atom stereocenters. The van der Waals surface area contributed by atoms with E-state index in [9.17, 15) is 24.5 Å². The van der Waals surface area contributed by atoms with Gasteiger partial charge in [-0.25, -0.2) is 14.2 Å². The Bertz CT molecular complexity index is 1340. The van der Waals surface area contributed by atoms with Crippen molar-refractivity contribution in [3.05, 3.63) is 69.9 Å². The first-order valence-corrected chi connectivity index (χ1v) is 11.8. The first kappa shape index (κ1) is 27.4. The molecule has 0 saturated heterocycles. The van der Waals surface area contributed by atoms with Gasteiger partial charge in [-0.3, -0.25) is 14.9 Å². The summed E-state index contributed by atoms with van der Waals surface area (Å²) in [4.78, 5) is 49.9. The number of hydrogen-bond donors (Lipinski definition) is 1. The molecule has 0 aliphatic rings. The van der Waals surface area contributed by atoms with Gasteiger partial charge in [-0.15, -0.1) is 0 Å². The van der Waals surface area contributed by atoms with Gasteiger partial charge >= 0.3 is 12.1 Å². The zero-order valence-electron chi connectivity index (χ0n) is 21.8. The number of nitrogens with one attached hydrogen (secondary N) is 1. The minimum atomic E-state index is -0.858. The number of benzene rings is 2. The van der Waals surface area contributed by atoms with Crippen molar-refractivity contribution in [1.82, 2.24) is 4.57 Å². The Kier molecular flexibility index (Phi) is 7.71. The van der Waals surface area contributed by atoms with Crippen molar-refractivity contribution in [2.75, 3.05) is 5.32 Å². The molecule has 196 valence electrons. The van der Waals surface area contributed by atoms with E-state index in [1.807, 2.05) is 0 Å². The van der Waals surface area contributed by atoms with Gasteiger partial charge in [-0.05, 0) is 59.6 Å². The average molecular weight is 510 g/mol. The van der Waals surface area contributed by atoms with Gasteiger partial charge in [0, 0.05) is 23.9 Å². The molecule has 1 aromatic heterocycles. The molecular weight excluding hydrogens is 478 g/mol. The normalized spacial score (nSPS) is 11.7. The number of rotatable bonds is 6. The largest absolute Gasteiger partial charge is 0.455 e. The molecule has 10 nitrogen and oxygen atoms in total. The summed E-state index contributed by atoms with van der Waals surface area (Å²) in [5.41, 5.74) is -0.609. The van der Waals surface area contributed by atoms with Gasteiger partial charge < -0.3 is 14.8 Å². The summed E-state index contributed by atoms with van der Waals surface area (Å²) in [5.74, 6) is -1.20. The number of esters is 1. The molecule has 0 aliphatic carbocycles. The van der Waals surface area contributed by atoms with Crippen LogP contribution in [0.25, 0.3) is 10.9 Å². The van der Waals surface area contributed by atoms with Crippen LogP contribution in [0.4, 0.5) is 16.2 Å². The minimum absolute atomic E-state index is 0.0369. The fourth-order valence-electron chi connectivity index (χ4n) is 3.63. The van der Waals surface area contributed by atoms with Crippen LogP contribution in [0.5, 0.6) is 0 Å². The molecule has 10 heteroatoms. The van der Waals surface area contributed by atoms with E-state index in [2.05, 4.69) is 5.32 Å². The van der Waals surface area contributed by atoms with Crippen LogP contribution in [0.1, 0.15) is 64.0 Å². The number of ether oxygens (including phenoxy) is 2. The predicted octanol–water partition coefficient (Wildman–Crippen LogP) is 5.86. The third-order valence-corrected chi connectivity index (χ3v) is 5.10. The second-order valence-corrected chi connectivity index (χ2v) is 10.5. The van der Waals surface area contributed by atoms with Crippen LogP contribution in [0.3, 0.4) is 0 Å². The van der Waals surface area contributed by atoms with Gasteiger partial charge in [-0.1, -0.05) is 30.3 Å². The maximum Gasteiger partial charge on any atom is 0.419 e. The second kappa shape index (κ2) is 10.4. The summed E-state index contributed by atoms with van der Waals surface area (Å²) in [6.45, 7) is 10.2. The highest BCUT2D eigenvalue weighted by Gasteiger charge is 2.32. The lowest BCUT2D eigenvalue weighted by Gasteiger charge is -2.23. The standard InChI is InChI=1S/C27H31N3O7/c1-26(2,3)36-24(32)23-22(28-21(31)16-13-17-11-14-18(15-12-17)30(34)35)19-9-7-8-10-20(19)29(23)25(33)37-27(4,5)6/h7-12,14-15H,13,16H2,1-6H3,(H,28,31). The SMILES string of the molecule is CC(C)(C)OC(=O)c1c(NC(=O)CCc2ccc([N+](=O)[O-])cc2)c2ccccc2n1C(=O)OC(C)(C)C. The van der Waals surface area contributed by atoms with Gasteiger partial charge in [-0.2, -0.15) is 0 Å². The predicted molar refractivity (Wildman–Crippen MR) is 139 cm³/mol. The van der Waals surface area contributed by atoms with E-state index in [1.54, 1.807) is 77.9 Å². The van der Waals surface area contributed by atoms with Crippen molar-refractivity contribution in [1.29, 1.82) is 0 Å². The summed E-state index contributed by atoms with van der Waals surface area (Å²) >= 11 is 0. The smallest absolute Gasteiger partial charge is 0.419 e. The molecule has 3 aromatic rings. The highest BCUT2D eigenvalue weighted by Crippen LogP contribution is 2.33. The first-order valence-electron chi connectivity index (χ1n) is 11.8. The third-order valence-electron chi connectivity index (χ3n) is 5.10. The summed E-state index contributed by atoms with van der Waals surface area (Å²) in [6, 6.07) is 12.7. The molecule has 0 bridgehead atoms. The number of fused-ring (bicyclic) bond motifs is 1. The average Bonchev–Trinajstić information content (AvgIpc) is 3.10. The number of anilines is 1. The van der Waals surface area contributed by atoms with Crippen molar-refractivity contribution < 1.29 is 28.8 Å². The van der Waals surface area contributed by atoms with Gasteiger partial charge in [0.05, 0.1) is 16.1 Å². The number of hydrogen-bond acceptors (Lipinski definition) is 7. The number of nitro groups is 1. The molecule has 0 spiro atoms. The van der Waals surface area contributed by atoms with Crippen LogP contribution in [-0.2, 0) is 20.7 Å². The Morgan fingerprint density at radius 3 is 2.08 bits per heavy atom. The molecule has 1 amide bonds. The van der Waals surface area contributed by atoms with Crippen LogP contribution in [0, 0.1) is 10.1 Å². The molecule has 0 fully saturated rings. The Hall–Kier alpha value is -4.21. The number of amides is 1. The zero-order valence-corrected chi connectivity index (χ0v) is 21.8. The van der Waals surface area contributed by atoms with E-state index >= 15 is 0 Å². The Morgan fingerprint density at radius 2 is 1.51 bits per heavy atom. The number of para-hydroxylation sites is 1. The van der Waals surface area contributed by atoms with E-state index in [4.69, 9.17) is 9.47 Å². The maximum atomic E-state index is 13.3. The lowest BCUT2D eigenvalue weighted by molar-refractivity contribution is -0.384. The summed E-state index contributed by atoms with van der Waals surface area (Å²) in [5, 5.41) is 14.1. The molecule has 3 rings (SSSR count). The molecule has 2 aromatic carbocycles. The molecule has 0 saturated carbocycles. The maximum absolute atomic E-state index is 13.3. The monoisotopic (exact) mass is 509 g/mol. The van der Waals surface area contributed by atoms with Crippen molar-refractivity contribution in [2.45, 2.75) is 65.6 Å². The number of carbonyl (C=O) groups excluding carboxylic acids is 3. The third kappa shape index (κ3) is 6.93. The number of non-ortho nitro benzene ring substituents is 1. The number of aromatic nitrogens is 1. The van der Waals surface area contributed by atoms with E-state index in [0.717, 1.165) is 10.1 Å². The highest BCUT2D eigenvalue weighted by atomic mass is 16.6. The van der Waals surface area contributed by atoms with E-state index < -0.39 is 34.1 Å².